The molecule has 1 aliphatic heterocycles. The number of furan rings is 1. The van der Waals surface area contributed by atoms with Crippen LogP contribution >= 0.6 is 0 Å². The molecule has 1 saturated heterocycles. The number of rotatable bonds is 3. The molecule has 0 saturated carbocycles. The number of nitrogens with two attached hydrogens (primary N) is 1. The number of aliphatic hydroxyl groups excluding tert-OH is 2. The molecule has 0 aliphatic carbocycles. The number of halogens is 3. The Morgan fingerprint density at radius 1 is 1.25 bits per heavy atom. The maximum absolute atomic E-state index is 12.1. The number of nitrogen functional groups attached to an aromatic ring is 1. The summed E-state index contributed by atoms with van der Waals surface area (Å²) in [6.45, 7) is 0.528. The zero-order chi connectivity index (χ0) is 23.3. The van der Waals surface area contributed by atoms with E-state index in [-0.39, 0.29) is 18.3 Å². The normalized spacial score (nSPS) is 21.0. The van der Waals surface area contributed by atoms with Crippen LogP contribution in [0.25, 0.3) is 11.0 Å². The Morgan fingerprint density at radius 2 is 2.03 bits per heavy atom. The van der Waals surface area contributed by atoms with E-state index in [0.29, 0.717) is 24.8 Å². The summed E-state index contributed by atoms with van der Waals surface area (Å²) in [4.78, 5) is 18.4. The van der Waals surface area contributed by atoms with Crippen LogP contribution in [0.15, 0.2) is 47.3 Å². The molecule has 2 aromatic heterocycles. The first kappa shape index (κ1) is 23.4. The molecular formula is C20H21F3N4O5. The fourth-order valence-corrected chi connectivity index (χ4v) is 2.96. The number of alkyl halides is 3. The van der Waals surface area contributed by atoms with Crippen molar-refractivity contribution >= 4 is 22.7 Å². The van der Waals surface area contributed by atoms with Crippen LogP contribution in [0.3, 0.4) is 0 Å². The lowest BCUT2D eigenvalue weighted by molar-refractivity contribution is -0.141. The number of aromatic nitrogens is 2. The number of anilines is 1. The molecule has 1 fully saturated rings. The second kappa shape index (κ2) is 9.94. The van der Waals surface area contributed by atoms with E-state index < -0.39 is 30.2 Å². The van der Waals surface area contributed by atoms with Gasteiger partial charge in [0.05, 0.1) is 24.8 Å². The first-order valence-corrected chi connectivity index (χ1v) is 9.53. The van der Waals surface area contributed by atoms with Gasteiger partial charge in [0.2, 0.25) is 0 Å². The number of fused-ring (bicyclic) bond motifs is 1. The van der Waals surface area contributed by atoms with Crippen LogP contribution in [0.1, 0.15) is 22.5 Å². The number of hydrogen-bond donors (Lipinski definition) is 4. The summed E-state index contributed by atoms with van der Waals surface area (Å²) in [7, 11) is 0. The highest BCUT2D eigenvalue weighted by molar-refractivity contribution is 5.97. The number of nitrogens with zero attached hydrogens (tertiary/aromatic N) is 2. The molecule has 172 valence electrons. The molecule has 4 rings (SSSR count). The van der Waals surface area contributed by atoms with Gasteiger partial charge < -0.3 is 30.4 Å². The maximum Gasteiger partial charge on any atom is 0.434 e. The minimum Gasteiger partial charge on any atom is -0.464 e. The van der Waals surface area contributed by atoms with Gasteiger partial charge in [-0.15, -0.1) is 0 Å². The number of carbonyl (C=O) groups excluding carboxylic acids is 1. The van der Waals surface area contributed by atoms with Crippen LogP contribution in [0.2, 0.25) is 0 Å². The summed E-state index contributed by atoms with van der Waals surface area (Å²) in [6.07, 6.45) is -3.19. The third-order valence-electron chi connectivity index (χ3n) is 4.64. The topological polar surface area (TPSA) is 144 Å². The van der Waals surface area contributed by atoms with E-state index in [1.807, 2.05) is 0 Å². The van der Waals surface area contributed by atoms with Gasteiger partial charge in [0, 0.05) is 24.1 Å². The Hall–Kier alpha value is -3.22. The first-order valence-electron chi connectivity index (χ1n) is 9.53. The van der Waals surface area contributed by atoms with E-state index in [0.717, 1.165) is 17.2 Å². The predicted molar refractivity (Wildman–Crippen MR) is 106 cm³/mol. The summed E-state index contributed by atoms with van der Waals surface area (Å²) in [6, 6.07) is 6.94. The number of benzene rings is 1. The fourth-order valence-electron chi connectivity index (χ4n) is 2.96. The van der Waals surface area contributed by atoms with Crippen molar-refractivity contribution in [2.24, 2.45) is 0 Å². The molecule has 3 heterocycles. The molecule has 1 aliphatic rings. The maximum atomic E-state index is 12.1. The van der Waals surface area contributed by atoms with Crippen molar-refractivity contribution in [2.75, 3.05) is 18.9 Å². The molecule has 5 N–H and O–H groups in total. The van der Waals surface area contributed by atoms with Crippen molar-refractivity contribution < 1.29 is 37.3 Å². The highest BCUT2D eigenvalue weighted by Gasteiger charge is 2.33. The van der Waals surface area contributed by atoms with Gasteiger partial charge in [-0.2, -0.15) is 13.2 Å². The van der Waals surface area contributed by atoms with Crippen LogP contribution in [0.5, 0.6) is 0 Å². The molecular weight excluding hydrogens is 433 g/mol. The standard InChI is InChI=1S/C15H17NO5.C5H4F3N3/c17-11-4-6-21-13(14(11)18)8-16-15(19)10-1-2-12-9(7-10)3-5-20-12;6-5(7,8)3-1-10-2-4(9)11-3/h1-3,5,7,11,13-14,17-18H,4,6,8H2,(H,16,19);1-2H,(H2,9,11). The molecule has 1 aromatic carbocycles. The van der Waals surface area contributed by atoms with E-state index in [2.05, 4.69) is 15.3 Å². The largest absolute Gasteiger partial charge is 0.464 e. The highest BCUT2D eigenvalue weighted by Crippen LogP contribution is 2.26. The van der Waals surface area contributed by atoms with E-state index in [1.54, 1.807) is 30.5 Å². The van der Waals surface area contributed by atoms with Crippen molar-refractivity contribution in [3.05, 3.63) is 54.2 Å². The third-order valence-corrected chi connectivity index (χ3v) is 4.64. The van der Waals surface area contributed by atoms with Crippen LogP contribution in [-0.2, 0) is 10.9 Å². The van der Waals surface area contributed by atoms with Crippen molar-refractivity contribution in [1.82, 2.24) is 15.3 Å². The molecule has 0 radical (unpaired) electrons. The zero-order valence-corrected chi connectivity index (χ0v) is 16.6. The predicted octanol–water partition coefficient (Wildman–Crippen LogP) is 1.75. The molecule has 3 aromatic rings. The van der Waals surface area contributed by atoms with Crippen LogP contribution < -0.4 is 11.1 Å². The fraction of sp³-hybridized carbons (Fsp3) is 0.350. The molecule has 3 atom stereocenters. The molecule has 0 bridgehead atoms. The van der Waals surface area contributed by atoms with Crippen LogP contribution in [0, 0.1) is 0 Å². The average Bonchev–Trinajstić information content (AvgIpc) is 3.22. The van der Waals surface area contributed by atoms with Gasteiger partial charge in [0.15, 0.2) is 5.69 Å². The zero-order valence-electron chi connectivity index (χ0n) is 16.6. The van der Waals surface area contributed by atoms with Gasteiger partial charge in [-0.3, -0.25) is 9.78 Å². The van der Waals surface area contributed by atoms with Gasteiger partial charge in [0.25, 0.3) is 5.91 Å². The smallest absolute Gasteiger partial charge is 0.434 e. The van der Waals surface area contributed by atoms with Crippen molar-refractivity contribution in [3.8, 4) is 0 Å². The van der Waals surface area contributed by atoms with Crippen LogP contribution in [0.4, 0.5) is 19.0 Å². The highest BCUT2D eigenvalue weighted by atomic mass is 19.4. The summed E-state index contributed by atoms with van der Waals surface area (Å²) in [5.41, 5.74) is 5.14. The van der Waals surface area contributed by atoms with Crippen molar-refractivity contribution in [3.63, 3.8) is 0 Å². The number of nitrogens with one attached hydrogen (secondary N) is 1. The molecule has 3 unspecified atom stereocenters. The molecule has 12 heteroatoms. The number of amides is 1. The third kappa shape index (κ3) is 5.93. The van der Waals surface area contributed by atoms with Gasteiger partial charge in [-0.1, -0.05) is 0 Å². The Morgan fingerprint density at radius 3 is 2.72 bits per heavy atom. The minimum atomic E-state index is -4.47. The monoisotopic (exact) mass is 454 g/mol. The Bertz CT molecular complexity index is 1060. The lowest BCUT2D eigenvalue weighted by Crippen LogP contribution is -2.49. The quantitative estimate of drug-likeness (QED) is 0.469. The first-order chi connectivity index (χ1) is 15.1. The Kier molecular flexibility index (Phi) is 7.28. The SMILES string of the molecule is Nc1cncc(C(F)(F)F)n1.O=C(NCC1OCCC(O)C1O)c1ccc2occc2c1. The van der Waals surface area contributed by atoms with E-state index in [9.17, 15) is 28.2 Å². The van der Waals surface area contributed by atoms with Crippen LogP contribution in [-0.4, -0.2) is 57.6 Å². The minimum absolute atomic E-state index is 0.153. The Balaban J connectivity index is 0.000000222. The average molecular weight is 454 g/mol. The van der Waals surface area contributed by atoms with E-state index in [1.165, 1.54) is 0 Å². The number of hydrogen-bond acceptors (Lipinski definition) is 8. The van der Waals surface area contributed by atoms with Gasteiger partial charge in [0.1, 0.15) is 23.6 Å². The number of carbonyl (C=O) groups is 1. The molecule has 1 amide bonds. The molecule has 9 nitrogen and oxygen atoms in total. The lowest BCUT2D eigenvalue weighted by Gasteiger charge is -2.32. The van der Waals surface area contributed by atoms with Gasteiger partial charge in [-0.05, 0) is 30.7 Å². The number of aliphatic hydroxyl groups is 2. The summed E-state index contributed by atoms with van der Waals surface area (Å²) < 4.78 is 46.0. The van der Waals surface area contributed by atoms with Gasteiger partial charge >= 0.3 is 6.18 Å². The van der Waals surface area contributed by atoms with Gasteiger partial charge in [-0.25, -0.2) is 4.98 Å². The molecule has 0 spiro atoms. The number of ether oxygens (including phenoxy) is 1. The van der Waals surface area contributed by atoms with E-state index in [4.69, 9.17) is 14.9 Å². The summed E-state index contributed by atoms with van der Waals surface area (Å²) in [5, 5.41) is 22.9. The van der Waals surface area contributed by atoms with Crippen molar-refractivity contribution in [1.29, 1.82) is 0 Å². The Labute approximate surface area is 180 Å². The van der Waals surface area contributed by atoms with E-state index >= 15 is 0 Å². The molecule has 32 heavy (non-hydrogen) atoms. The second-order valence-electron chi connectivity index (χ2n) is 6.97. The summed E-state index contributed by atoms with van der Waals surface area (Å²) in [5.74, 6) is -0.492. The van der Waals surface area contributed by atoms with Crippen molar-refractivity contribution in [2.45, 2.75) is 30.9 Å². The summed E-state index contributed by atoms with van der Waals surface area (Å²) >= 11 is 0. The lowest BCUT2D eigenvalue weighted by atomic mass is 10.0. The second-order valence-corrected chi connectivity index (χ2v) is 6.97.